The molecule has 1 fully saturated rings. The van der Waals surface area contributed by atoms with Gasteiger partial charge in [0.1, 0.15) is 5.75 Å². The summed E-state index contributed by atoms with van der Waals surface area (Å²) in [6.07, 6.45) is 3.28. The lowest BCUT2D eigenvalue weighted by atomic mass is 9.78. The van der Waals surface area contributed by atoms with Gasteiger partial charge >= 0.3 is 5.97 Å². The van der Waals surface area contributed by atoms with E-state index in [2.05, 4.69) is 19.2 Å². The van der Waals surface area contributed by atoms with Gasteiger partial charge in [0, 0.05) is 6.04 Å². The molecule has 0 unspecified atom stereocenters. The fraction of sp³-hybridized carbons (Fsp3) is 0.556. The van der Waals surface area contributed by atoms with Crippen molar-refractivity contribution in [1.29, 1.82) is 0 Å². The molecule has 1 aliphatic carbocycles. The summed E-state index contributed by atoms with van der Waals surface area (Å²) in [5.74, 6) is 0.560. The van der Waals surface area contributed by atoms with Gasteiger partial charge in [0.15, 0.2) is 13.2 Å². The monoisotopic (exact) mass is 353 g/mol. The molecule has 24 heavy (non-hydrogen) atoms. The summed E-state index contributed by atoms with van der Waals surface area (Å²) in [6, 6.07) is 7.01. The molecule has 1 aliphatic rings. The molecule has 1 N–H and O–H groups in total. The van der Waals surface area contributed by atoms with Crippen LogP contribution in [0.3, 0.4) is 0 Å². The van der Waals surface area contributed by atoms with Crippen LogP contribution in [-0.2, 0) is 14.3 Å². The van der Waals surface area contributed by atoms with Gasteiger partial charge < -0.3 is 14.8 Å². The van der Waals surface area contributed by atoms with Crippen molar-refractivity contribution < 1.29 is 19.1 Å². The van der Waals surface area contributed by atoms with Gasteiger partial charge in [0.25, 0.3) is 5.91 Å². The third-order valence-corrected chi connectivity index (χ3v) is 4.91. The van der Waals surface area contributed by atoms with Crippen LogP contribution in [0.15, 0.2) is 24.3 Å². The van der Waals surface area contributed by atoms with Gasteiger partial charge in [-0.2, -0.15) is 0 Å². The van der Waals surface area contributed by atoms with Crippen LogP contribution in [0.5, 0.6) is 5.75 Å². The molecule has 0 aromatic heterocycles. The molecule has 0 aliphatic heterocycles. The first-order chi connectivity index (χ1) is 11.5. The zero-order chi connectivity index (χ0) is 17.5. The first-order valence-electron chi connectivity index (χ1n) is 8.29. The maximum Gasteiger partial charge on any atom is 0.344 e. The Kier molecular flexibility index (Phi) is 6.91. The molecule has 0 saturated heterocycles. The standard InChI is InChI=1S/C18H24ClNO4/c1-12-6-5-8-15(13(12)2)20-17(21)10-24-18(22)11-23-16-9-4-3-7-14(16)19/h3-4,7,9,12-13,15H,5-6,8,10-11H2,1-2H3,(H,20,21)/t12-,13-,15+/m1/s1. The van der Waals surface area contributed by atoms with Gasteiger partial charge in [0.2, 0.25) is 0 Å². The van der Waals surface area contributed by atoms with Crippen LogP contribution in [0, 0.1) is 11.8 Å². The van der Waals surface area contributed by atoms with Gasteiger partial charge in [-0.05, 0) is 30.4 Å². The summed E-state index contributed by atoms with van der Waals surface area (Å²) in [5, 5.41) is 3.38. The van der Waals surface area contributed by atoms with Crippen molar-refractivity contribution in [3.8, 4) is 5.75 Å². The van der Waals surface area contributed by atoms with E-state index in [0.717, 1.165) is 12.8 Å². The molecule has 2 rings (SSSR count). The second kappa shape index (κ2) is 8.92. The smallest absolute Gasteiger partial charge is 0.344 e. The van der Waals surface area contributed by atoms with E-state index in [1.165, 1.54) is 6.42 Å². The summed E-state index contributed by atoms with van der Waals surface area (Å²) in [6.45, 7) is 3.78. The second-order valence-corrected chi connectivity index (χ2v) is 6.73. The topological polar surface area (TPSA) is 64.6 Å². The molecule has 1 amide bonds. The highest BCUT2D eigenvalue weighted by molar-refractivity contribution is 6.32. The molecule has 0 heterocycles. The number of halogens is 1. The van der Waals surface area contributed by atoms with E-state index in [9.17, 15) is 9.59 Å². The van der Waals surface area contributed by atoms with Crippen molar-refractivity contribution in [1.82, 2.24) is 5.32 Å². The molecule has 132 valence electrons. The van der Waals surface area contributed by atoms with E-state index in [0.29, 0.717) is 22.6 Å². The lowest BCUT2D eigenvalue weighted by Crippen LogP contribution is -2.45. The van der Waals surface area contributed by atoms with E-state index < -0.39 is 5.97 Å². The van der Waals surface area contributed by atoms with E-state index in [-0.39, 0.29) is 25.2 Å². The Balaban J connectivity index is 1.69. The Morgan fingerprint density at radius 2 is 1.96 bits per heavy atom. The highest BCUT2D eigenvalue weighted by Gasteiger charge is 2.28. The number of carbonyl (C=O) groups is 2. The summed E-state index contributed by atoms with van der Waals surface area (Å²) < 4.78 is 10.2. The number of rotatable bonds is 6. The summed E-state index contributed by atoms with van der Waals surface area (Å²) in [7, 11) is 0. The predicted octanol–water partition coefficient (Wildman–Crippen LogP) is 3.20. The molecule has 6 heteroatoms. The average molecular weight is 354 g/mol. The third kappa shape index (κ3) is 5.41. The lowest BCUT2D eigenvalue weighted by molar-refractivity contribution is -0.150. The van der Waals surface area contributed by atoms with Crippen LogP contribution in [0.2, 0.25) is 5.02 Å². The molecule has 0 radical (unpaired) electrons. The number of benzene rings is 1. The maximum absolute atomic E-state index is 11.9. The minimum atomic E-state index is -0.602. The van der Waals surface area contributed by atoms with Crippen molar-refractivity contribution >= 4 is 23.5 Å². The zero-order valence-corrected chi connectivity index (χ0v) is 14.8. The molecule has 5 nitrogen and oxygen atoms in total. The predicted molar refractivity (Wildman–Crippen MR) is 92.0 cm³/mol. The minimum Gasteiger partial charge on any atom is -0.480 e. The van der Waals surface area contributed by atoms with Crippen molar-refractivity contribution in [2.24, 2.45) is 11.8 Å². The largest absolute Gasteiger partial charge is 0.480 e. The number of hydrogen-bond acceptors (Lipinski definition) is 4. The van der Waals surface area contributed by atoms with E-state index in [1.54, 1.807) is 24.3 Å². The molecular formula is C18H24ClNO4. The molecular weight excluding hydrogens is 330 g/mol. The quantitative estimate of drug-likeness (QED) is 0.797. The highest BCUT2D eigenvalue weighted by atomic mass is 35.5. The number of carbonyl (C=O) groups excluding carboxylic acids is 2. The van der Waals surface area contributed by atoms with Crippen molar-refractivity contribution in [2.75, 3.05) is 13.2 Å². The first-order valence-corrected chi connectivity index (χ1v) is 8.67. The van der Waals surface area contributed by atoms with E-state index in [4.69, 9.17) is 21.1 Å². The fourth-order valence-electron chi connectivity index (χ4n) is 2.92. The zero-order valence-electron chi connectivity index (χ0n) is 14.1. The highest BCUT2D eigenvalue weighted by Crippen LogP contribution is 2.29. The van der Waals surface area contributed by atoms with Crippen LogP contribution in [0.1, 0.15) is 33.1 Å². The van der Waals surface area contributed by atoms with Gasteiger partial charge in [-0.3, -0.25) is 4.79 Å². The van der Waals surface area contributed by atoms with Crippen molar-refractivity contribution in [3.05, 3.63) is 29.3 Å². The van der Waals surface area contributed by atoms with E-state index in [1.807, 2.05) is 0 Å². The van der Waals surface area contributed by atoms with Crippen LogP contribution in [0.4, 0.5) is 0 Å². The normalized spacial score (nSPS) is 23.4. The Hall–Kier alpha value is -1.75. The van der Waals surface area contributed by atoms with Crippen LogP contribution >= 0.6 is 11.6 Å². The Morgan fingerprint density at radius 1 is 1.21 bits per heavy atom. The van der Waals surface area contributed by atoms with Crippen LogP contribution < -0.4 is 10.1 Å². The van der Waals surface area contributed by atoms with Crippen molar-refractivity contribution in [3.63, 3.8) is 0 Å². The molecule has 3 atom stereocenters. The number of hydrogen-bond donors (Lipinski definition) is 1. The molecule has 1 aromatic rings. The molecule has 0 spiro atoms. The van der Waals surface area contributed by atoms with Gasteiger partial charge in [-0.25, -0.2) is 4.79 Å². The number of nitrogens with one attached hydrogen (secondary N) is 1. The fourth-order valence-corrected chi connectivity index (χ4v) is 3.11. The number of ether oxygens (including phenoxy) is 2. The molecule has 0 bridgehead atoms. The van der Waals surface area contributed by atoms with Gasteiger partial charge in [-0.15, -0.1) is 0 Å². The third-order valence-electron chi connectivity index (χ3n) is 4.60. The number of para-hydroxylation sites is 1. The Bertz CT molecular complexity index is 578. The first kappa shape index (κ1) is 18.6. The summed E-state index contributed by atoms with van der Waals surface area (Å²) in [5.41, 5.74) is 0. The SMILES string of the molecule is C[C@@H]1[C@H](C)CCC[C@@H]1NC(=O)COC(=O)COc1ccccc1Cl. The molecule has 1 aromatic carbocycles. The minimum absolute atomic E-state index is 0.152. The van der Waals surface area contributed by atoms with Crippen LogP contribution in [0.25, 0.3) is 0 Å². The number of amides is 1. The summed E-state index contributed by atoms with van der Waals surface area (Å²) >= 11 is 5.93. The van der Waals surface area contributed by atoms with Gasteiger partial charge in [0.05, 0.1) is 5.02 Å². The Labute approximate surface area is 147 Å². The maximum atomic E-state index is 11.9. The number of esters is 1. The average Bonchev–Trinajstić information content (AvgIpc) is 2.56. The van der Waals surface area contributed by atoms with E-state index >= 15 is 0 Å². The second-order valence-electron chi connectivity index (χ2n) is 6.32. The Morgan fingerprint density at radius 3 is 2.71 bits per heavy atom. The molecule has 1 saturated carbocycles. The van der Waals surface area contributed by atoms with Crippen molar-refractivity contribution in [2.45, 2.75) is 39.2 Å². The van der Waals surface area contributed by atoms with Gasteiger partial charge in [-0.1, -0.05) is 50.4 Å². The lowest BCUT2D eigenvalue weighted by Gasteiger charge is -2.34. The van der Waals surface area contributed by atoms with Crippen LogP contribution in [-0.4, -0.2) is 31.1 Å². The summed E-state index contributed by atoms with van der Waals surface area (Å²) in [4.78, 5) is 23.6.